The Bertz CT molecular complexity index is 106. The zero-order chi connectivity index (χ0) is 8.91. The standard InChI is InChI=1S/C8H19NOS/c1-7(10-4)11-8(2,3)5-6-9/h7H,5-6,9H2,1-4H3. The molecule has 0 aliphatic rings. The maximum absolute atomic E-state index is 5.48. The first-order valence-corrected chi connectivity index (χ1v) is 4.80. The average molecular weight is 177 g/mol. The third-order valence-corrected chi connectivity index (χ3v) is 2.93. The number of methoxy groups -OCH3 is 1. The smallest absolute Gasteiger partial charge is 0.100 e. The molecule has 0 aliphatic carbocycles. The lowest BCUT2D eigenvalue weighted by Gasteiger charge is -2.26. The fourth-order valence-electron chi connectivity index (χ4n) is 0.904. The van der Waals surface area contributed by atoms with Crippen molar-refractivity contribution in [3.05, 3.63) is 0 Å². The van der Waals surface area contributed by atoms with Gasteiger partial charge in [-0.1, -0.05) is 13.8 Å². The molecule has 0 aromatic rings. The summed E-state index contributed by atoms with van der Waals surface area (Å²) >= 11 is 1.82. The molecule has 0 radical (unpaired) electrons. The molecule has 68 valence electrons. The van der Waals surface area contributed by atoms with Crippen LogP contribution in [0, 0.1) is 0 Å². The number of hydrogen-bond acceptors (Lipinski definition) is 3. The molecule has 3 heteroatoms. The van der Waals surface area contributed by atoms with E-state index in [2.05, 4.69) is 20.8 Å². The van der Waals surface area contributed by atoms with Crippen LogP contribution >= 0.6 is 11.8 Å². The highest BCUT2D eigenvalue weighted by Gasteiger charge is 2.20. The highest BCUT2D eigenvalue weighted by molar-refractivity contribution is 8.01. The van der Waals surface area contributed by atoms with Crippen molar-refractivity contribution in [1.29, 1.82) is 0 Å². The Morgan fingerprint density at radius 1 is 1.55 bits per heavy atom. The lowest BCUT2D eigenvalue weighted by molar-refractivity contribution is 0.186. The van der Waals surface area contributed by atoms with Crippen LogP contribution in [0.3, 0.4) is 0 Å². The molecule has 0 saturated heterocycles. The Kier molecular flexibility index (Phi) is 5.13. The molecule has 1 atom stereocenters. The molecule has 2 nitrogen and oxygen atoms in total. The summed E-state index contributed by atoms with van der Waals surface area (Å²) in [6.45, 7) is 7.19. The van der Waals surface area contributed by atoms with E-state index >= 15 is 0 Å². The summed E-state index contributed by atoms with van der Waals surface area (Å²) in [6.07, 6.45) is 1.03. The van der Waals surface area contributed by atoms with Crippen molar-refractivity contribution in [2.75, 3.05) is 13.7 Å². The monoisotopic (exact) mass is 177 g/mol. The maximum atomic E-state index is 5.48. The maximum Gasteiger partial charge on any atom is 0.100 e. The molecule has 0 rings (SSSR count). The second-order valence-electron chi connectivity index (χ2n) is 3.22. The molecule has 0 aromatic heterocycles. The van der Waals surface area contributed by atoms with Gasteiger partial charge < -0.3 is 10.5 Å². The Balaban J connectivity index is 3.70. The van der Waals surface area contributed by atoms with Crippen molar-refractivity contribution in [3.8, 4) is 0 Å². The van der Waals surface area contributed by atoms with Gasteiger partial charge in [0.2, 0.25) is 0 Å². The van der Waals surface area contributed by atoms with Gasteiger partial charge in [-0.25, -0.2) is 0 Å². The molecule has 0 heterocycles. The second-order valence-corrected chi connectivity index (χ2v) is 5.22. The molecule has 0 fully saturated rings. The van der Waals surface area contributed by atoms with Gasteiger partial charge in [-0.2, -0.15) is 0 Å². The van der Waals surface area contributed by atoms with E-state index < -0.39 is 0 Å². The molecule has 0 aromatic carbocycles. The summed E-state index contributed by atoms with van der Waals surface area (Å²) < 4.78 is 5.39. The minimum atomic E-state index is 0.240. The van der Waals surface area contributed by atoms with Gasteiger partial charge in [0.15, 0.2) is 0 Å². The molecular weight excluding hydrogens is 158 g/mol. The molecule has 0 aliphatic heterocycles. The summed E-state index contributed by atoms with van der Waals surface area (Å²) in [5.41, 5.74) is 5.74. The van der Waals surface area contributed by atoms with Crippen molar-refractivity contribution < 1.29 is 4.74 Å². The first-order chi connectivity index (χ1) is 5.02. The quantitative estimate of drug-likeness (QED) is 0.651. The van der Waals surface area contributed by atoms with Crippen LogP contribution in [0.15, 0.2) is 0 Å². The molecular formula is C8H19NOS. The molecule has 0 saturated carbocycles. The Labute approximate surface area is 73.9 Å². The van der Waals surface area contributed by atoms with Crippen molar-refractivity contribution in [1.82, 2.24) is 0 Å². The number of hydrogen-bond donors (Lipinski definition) is 1. The molecule has 0 spiro atoms. The Morgan fingerprint density at radius 2 is 2.09 bits per heavy atom. The van der Waals surface area contributed by atoms with Gasteiger partial charge in [0.25, 0.3) is 0 Å². The number of ether oxygens (including phenoxy) is 1. The van der Waals surface area contributed by atoms with Crippen molar-refractivity contribution in [2.45, 2.75) is 37.4 Å². The van der Waals surface area contributed by atoms with Crippen LogP contribution in [0.5, 0.6) is 0 Å². The van der Waals surface area contributed by atoms with Crippen LogP contribution in [0.2, 0.25) is 0 Å². The predicted molar refractivity (Wildman–Crippen MR) is 51.8 cm³/mol. The van der Waals surface area contributed by atoms with Crippen LogP contribution in [-0.2, 0) is 4.74 Å². The third kappa shape index (κ3) is 5.53. The summed E-state index contributed by atoms with van der Waals surface area (Å²) in [7, 11) is 1.73. The van der Waals surface area contributed by atoms with E-state index in [1.54, 1.807) is 7.11 Å². The Morgan fingerprint density at radius 3 is 2.45 bits per heavy atom. The topological polar surface area (TPSA) is 35.2 Å². The van der Waals surface area contributed by atoms with Gasteiger partial charge in [0, 0.05) is 11.9 Å². The summed E-state index contributed by atoms with van der Waals surface area (Å²) in [5.74, 6) is 0. The normalized spacial score (nSPS) is 15.0. The largest absolute Gasteiger partial charge is 0.371 e. The summed E-state index contributed by atoms with van der Waals surface area (Å²) in [4.78, 5) is 0. The molecule has 0 amide bonds. The second kappa shape index (κ2) is 5.01. The number of nitrogens with two attached hydrogens (primary N) is 1. The fourth-order valence-corrected chi connectivity index (χ4v) is 2.13. The SMILES string of the molecule is COC(C)SC(C)(C)CCN. The first-order valence-electron chi connectivity index (χ1n) is 3.92. The highest BCUT2D eigenvalue weighted by Crippen LogP contribution is 2.31. The third-order valence-electron chi connectivity index (χ3n) is 1.56. The van der Waals surface area contributed by atoms with Crippen LogP contribution in [0.25, 0.3) is 0 Å². The van der Waals surface area contributed by atoms with Crippen LogP contribution < -0.4 is 5.73 Å². The van der Waals surface area contributed by atoms with Gasteiger partial charge in [0.05, 0.1) is 0 Å². The van der Waals surface area contributed by atoms with Crippen molar-refractivity contribution in [3.63, 3.8) is 0 Å². The zero-order valence-corrected chi connectivity index (χ0v) is 8.70. The average Bonchev–Trinajstić information content (AvgIpc) is 1.86. The summed E-state index contributed by atoms with van der Waals surface area (Å²) in [5, 5.41) is 0. The van der Waals surface area contributed by atoms with E-state index in [9.17, 15) is 0 Å². The van der Waals surface area contributed by atoms with Crippen molar-refractivity contribution >= 4 is 11.8 Å². The number of rotatable bonds is 5. The minimum absolute atomic E-state index is 0.240. The zero-order valence-electron chi connectivity index (χ0n) is 7.89. The predicted octanol–water partition coefficient (Wildman–Crippen LogP) is 1.84. The van der Waals surface area contributed by atoms with E-state index in [4.69, 9.17) is 10.5 Å². The highest BCUT2D eigenvalue weighted by atomic mass is 32.2. The van der Waals surface area contributed by atoms with Gasteiger partial charge in [-0.15, -0.1) is 11.8 Å². The Hall–Kier alpha value is 0.270. The fraction of sp³-hybridized carbons (Fsp3) is 1.00. The van der Waals surface area contributed by atoms with E-state index in [-0.39, 0.29) is 10.2 Å². The number of thioether (sulfide) groups is 1. The van der Waals surface area contributed by atoms with Gasteiger partial charge in [0.1, 0.15) is 5.44 Å². The van der Waals surface area contributed by atoms with Crippen molar-refractivity contribution in [2.24, 2.45) is 5.73 Å². The minimum Gasteiger partial charge on any atom is -0.371 e. The van der Waals surface area contributed by atoms with E-state index in [0.29, 0.717) is 0 Å². The van der Waals surface area contributed by atoms with Gasteiger partial charge in [-0.05, 0) is 19.9 Å². The van der Waals surface area contributed by atoms with Crippen LogP contribution in [0.4, 0.5) is 0 Å². The lowest BCUT2D eigenvalue weighted by Crippen LogP contribution is -2.23. The molecule has 2 N–H and O–H groups in total. The van der Waals surface area contributed by atoms with E-state index in [1.165, 1.54) is 0 Å². The van der Waals surface area contributed by atoms with E-state index in [0.717, 1.165) is 13.0 Å². The van der Waals surface area contributed by atoms with Crippen LogP contribution in [-0.4, -0.2) is 23.8 Å². The van der Waals surface area contributed by atoms with Crippen LogP contribution in [0.1, 0.15) is 27.2 Å². The molecule has 0 bridgehead atoms. The van der Waals surface area contributed by atoms with Gasteiger partial charge in [-0.3, -0.25) is 0 Å². The molecule has 11 heavy (non-hydrogen) atoms. The molecule has 1 unspecified atom stereocenters. The van der Waals surface area contributed by atoms with E-state index in [1.807, 2.05) is 11.8 Å². The lowest BCUT2D eigenvalue weighted by atomic mass is 10.1. The summed E-state index contributed by atoms with van der Waals surface area (Å²) in [6, 6.07) is 0. The first kappa shape index (κ1) is 11.3. The van der Waals surface area contributed by atoms with Gasteiger partial charge >= 0.3 is 0 Å².